The molecule has 0 atom stereocenters. The van der Waals surface area contributed by atoms with E-state index in [9.17, 15) is 13.6 Å². The monoisotopic (exact) mass is 377 g/mol. The predicted octanol–water partition coefficient (Wildman–Crippen LogP) is 2.63. The highest BCUT2D eigenvalue weighted by Crippen LogP contribution is 2.31. The summed E-state index contributed by atoms with van der Waals surface area (Å²) in [5.41, 5.74) is 0.283. The van der Waals surface area contributed by atoms with Crippen LogP contribution in [0.15, 0.2) is 13.6 Å². The van der Waals surface area contributed by atoms with Gasteiger partial charge in [-0.2, -0.15) is 0 Å². The summed E-state index contributed by atoms with van der Waals surface area (Å²) in [6.07, 6.45) is 0. The van der Waals surface area contributed by atoms with E-state index in [4.69, 9.17) is 5.11 Å². The molecule has 1 aromatic rings. The number of halogens is 4. The normalized spacial score (nSPS) is 11.6. The number of nitrogens with one attached hydrogen (secondary N) is 1. The Morgan fingerprint density at radius 3 is 2.62 bits per heavy atom. The number of hydrogen-bond acceptors (Lipinski definition) is 3. The number of aliphatic hydroxyl groups excluding tert-OH is 1. The van der Waals surface area contributed by atoms with Gasteiger partial charge in [0.25, 0.3) is 11.8 Å². The zero-order chi connectivity index (χ0) is 12.3. The van der Waals surface area contributed by atoms with Crippen LogP contribution in [0, 0.1) is 0 Å². The maximum atomic E-state index is 12.7. The first-order valence-corrected chi connectivity index (χ1v) is 6.48. The SMILES string of the molecule is O=C(NCC(F)(F)CO)c1cc(Br)sc1Br. The van der Waals surface area contributed by atoms with Gasteiger partial charge in [0.15, 0.2) is 0 Å². The average Bonchev–Trinajstić information content (AvgIpc) is 2.54. The molecule has 1 aromatic heterocycles. The summed E-state index contributed by atoms with van der Waals surface area (Å²) in [4.78, 5) is 11.5. The first kappa shape index (κ1) is 14.0. The Labute approximate surface area is 111 Å². The zero-order valence-corrected chi connectivity index (χ0v) is 11.8. The Morgan fingerprint density at radius 2 is 2.19 bits per heavy atom. The van der Waals surface area contributed by atoms with E-state index < -0.39 is 25.0 Å². The molecule has 0 spiro atoms. The fraction of sp³-hybridized carbons (Fsp3) is 0.375. The van der Waals surface area contributed by atoms with Crippen LogP contribution in [0.25, 0.3) is 0 Å². The molecule has 0 aliphatic heterocycles. The van der Waals surface area contributed by atoms with Crippen molar-refractivity contribution in [1.29, 1.82) is 0 Å². The van der Waals surface area contributed by atoms with Crippen molar-refractivity contribution in [3.63, 3.8) is 0 Å². The van der Waals surface area contributed by atoms with E-state index in [0.717, 1.165) is 3.79 Å². The first-order chi connectivity index (χ1) is 7.35. The molecule has 0 fully saturated rings. The summed E-state index contributed by atoms with van der Waals surface area (Å²) < 4.78 is 26.6. The van der Waals surface area contributed by atoms with Gasteiger partial charge in [0.05, 0.1) is 19.7 Å². The van der Waals surface area contributed by atoms with Crippen LogP contribution in [0.4, 0.5) is 8.78 Å². The minimum absolute atomic E-state index is 0.283. The number of carbonyl (C=O) groups is 1. The smallest absolute Gasteiger partial charge is 0.287 e. The van der Waals surface area contributed by atoms with Crippen molar-refractivity contribution in [2.24, 2.45) is 0 Å². The molecule has 0 radical (unpaired) electrons. The number of hydrogen-bond donors (Lipinski definition) is 2. The second-order valence-electron chi connectivity index (χ2n) is 2.93. The minimum Gasteiger partial charge on any atom is -0.390 e. The quantitative estimate of drug-likeness (QED) is 0.846. The van der Waals surface area contributed by atoms with Gasteiger partial charge in [-0.1, -0.05) is 0 Å². The van der Waals surface area contributed by atoms with Crippen LogP contribution in [-0.4, -0.2) is 30.1 Å². The average molecular weight is 379 g/mol. The molecule has 90 valence electrons. The number of aliphatic hydroxyl groups is 1. The number of carbonyl (C=O) groups excluding carboxylic acids is 1. The van der Waals surface area contributed by atoms with Crippen molar-refractivity contribution < 1.29 is 18.7 Å². The molecule has 1 amide bonds. The summed E-state index contributed by atoms with van der Waals surface area (Å²) in [7, 11) is 0. The molecule has 0 saturated heterocycles. The van der Waals surface area contributed by atoms with Gasteiger partial charge in [-0.05, 0) is 37.9 Å². The van der Waals surface area contributed by atoms with Gasteiger partial charge >= 0.3 is 0 Å². The molecule has 0 saturated carbocycles. The van der Waals surface area contributed by atoms with Crippen molar-refractivity contribution >= 4 is 49.1 Å². The molecular formula is C8H7Br2F2NO2S. The van der Waals surface area contributed by atoms with E-state index in [1.165, 1.54) is 17.4 Å². The highest BCUT2D eigenvalue weighted by molar-refractivity contribution is 9.12. The lowest BCUT2D eigenvalue weighted by Crippen LogP contribution is -2.38. The molecule has 0 bridgehead atoms. The Balaban J connectivity index is 2.63. The highest BCUT2D eigenvalue weighted by atomic mass is 79.9. The zero-order valence-electron chi connectivity index (χ0n) is 7.77. The molecule has 2 N–H and O–H groups in total. The molecular weight excluding hydrogens is 372 g/mol. The molecule has 0 aliphatic carbocycles. The van der Waals surface area contributed by atoms with Gasteiger partial charge in [0.1, 0.15) is 6.61 Å². The van der Waals surface area contributed by atoms with Gasteiger partial charge in [0, 0.05) is 0 Å². The molecule has 3 nitrogen and oxygen atoms in total. The summed E-state index contributed by atoms with van der Waals surface area (Å²) in [5.74, 6) is -3.91. The minimum atomic E-state index is -3.30. The number of amides is 1. The third-order valence-electron chi connectivity index (χ3n) is 1.64. The second-order valence-corrected chi connectivity index (χ2v) is 6.68. The van der Waals surface area contributed by atoms with E-state index in [0.29, 0.717) is 3.79 Å². The van der Waals surface area contributed by atoms with Crippen LogP contribution < -0.4 is 5.32 Å². The Bertz CT molecular complexity index is 397. The van der Waals surface area contributed by atoms with Crippen LogP contribution in [0.3, 0.4) is 0 Å². The lowest BCUT2D eigenvalue weighted by molar-refractivity contribution is -0.0462. The molecule has 8 heteroatoms. The summed E-state index contributed by atoms with van der Waals surface area (Å²) in [6.45, 7) is -2.18. The maximum Gasteiger partial charge on any atom is 0.287 e. The first-order valence-electron chi connectivity index (χ1n) is 4.07. The van der Waals surface area contributed by atoms with E-state index >= 15 is 0 Å². The van der Waals surface area contributed by atoms with Crippen LogP contribution in [0.5, 0.6) is 0 Å². The standard InChI is InChI=1S/C8H7Br2F2NO2S/c9-5-1-4(6(10)16-5)7(15)13-2-8(11,12)3-14/h1,14H,2-3H2,(H,13,15). The van der Waals surface area contributed by atoms with E-state index in [1.54, 1.807) is 0 Å². The predicted molar refractivity (Wildman–Crippen MR) is 64.1 cm³/mol. The van der Waals surface area contributed by atoms with Crippen molar-refractivity contribution in [3.8, 4) is 0 Å². The fourth-order valence-corrected chi connectivity index (χ4v) is 3.65. The molecule has 0 aromatic carbocycles. The van der Waals surface area contributed by atoms with Gasteiger partial charge in [-0.25, -0.2) is 8.78 Å². The summed E-state index contributed by atoms with van der Waals surface area (Å²) in [5, 5.41) is 10.4. The van der Waals surface area contributed by atoms with Crippen molar-refractivity contribution in [1.82, 2.24) is 5.32 Å². The van der Waals surface area contributed by atoms with Gasteiger partial charge in [-0.3, -0.25) is 4.79 Å². The largest absolute Gasteiger partial charge is 0.390 e. The van der Waals surface area contributed by atoms with E-state index in [-0.39, 0.29) is 5.56 Å². The molecule has 0 unspecified atom stereocenters. The van der Waals surface area contributed by atoms with Crippen LogP contribution in [-0.2, 0) is 0 Å². The van der Waals surface area contributed by atoms with Crippen LogP contribution >= 0.6 is 43.2 Å². The lowest BCUT2D eigenvalue weighted by Gasteiger charge is -2.13. The third-order valence-corrected chi connectivity index (χ3v) is 3.98. The fourth-order valence-electron chi connectivity index (χ4n) is 0.856. The molecule has 1 rings (SSSR count). The molecule has 0 aliphatic rings. The van der Waals surface area contributed by atoms with Crippen LogP contribution in [0.2, 0.25) is 0 Å². The van der Waals surface area contributed by atoms with Crippen molar-refractivity contribution in [2.45, 2.75) is 5.92 Å². The number of rotatable bonds is 4. The molecule has 16 heavy (non-hydrogen) atoms. The lowest BCUT2D eigenvalue weighted by atomic mass is 10.3. The summed E-state index contributed by atoms with van der Waals surface area (Å²) >= 11 is 7.59. The Kier molecular flexibility index (Phi) is 4.84. The summed E-state index contributed by atoms with van der Waals surface area (Å²) in [6, 6.07) is 1.53. The number of alkyl halides is 2. The third kappa shape index (κ3) is 3.76. The topological polar surface area (TPSA) is 49.3 Å². The van der Waals surface area contributed by atoms with Gasteiger partial charge in [0.2, 0.25) is 0 Å². The van der Waals surface area contributed by atoms with Crippen LogP contribution in [0.1, 0.15) is 10.4 Å². The number of thiophene rings is 1. The maximum absolute atomic E-state index is 12.7. The Morgan fingerprint density at radius 1 is 1.56 bits per heavy atom. The van der Waals surface area contributed by atoms with E-state index in [2.05, 4.69) is 37.2 Å². The Hall–Kier alpha value is -0.0500. The van der Waals surface area contributed by atoms with E-state index in [1.807, 2.05) is 0 Å². The highest BCUT2D eigenvalue weighted by Gasteiger charge is 2.28. The van der Waals surface area contributed by atoms with Gasteiger partial charge < -0.3 is 10.4 Å². The molecule has 1 heterocycles. The second kappa shape index (κ2) is 5.52. The van der Waals surface area contributed by atoms with Crippen molar-refractivity contribution in [2.75, 3.05) is 13.2 Å². The van der Waals surface area contributed by atoms with Gasteiger partial charge in [-0.15, -0.1) is 11.3 Å². The van der Waals surface area contributed by atoms with Crippen molar-refractivity contribution in [3.05, 3.63) is 19.2 Å².